The van der Waals surface area contributed by atoms with Crippen molar-refractivity contribution in [2.45, 2.75) is 0 Å². The Morgan fingerprint density at radius 1 is 0.833 bits per heavy atom. The second-order valence-electron chi connectivity index (χ2n) is 4.03. The van der Waals surface area contributed by atoms with Crippen LogP contribution in [0.2, 0.25) is 0 Å². The van der Waals surface area contributed by atoms with Crippen molar-refractivity contribution in [3.63, 3.8) is 0 Å². The number of hydrogen-bond donors (Lipinski definition) is 1. The largest absolute Gasteiger partial charge is 0.478 e. The molecule has 2 nitrogen and oxygen atoms in total. The Morgan fingerprint density at radius 3 is 2.11 bits per heavy atom. The maximum absolute atomic E-state index is 11.2. The molecular weight excluding hydrogens is 320 g/mol. The van der Waals surface area contributed by atoms with E-state index in [1.54, 1.807) is 12.1 Å². The van der Waals surface area contributed by atoms with Gasteiger partial charge in [0.1, 0.15) is 0 Å². The van der Waals surface area contributed by atoms with E-state index in [0.29, 0.717) is 5.56 Å². The summed E-state index contributed by atoms with van der Waals surface area (Å²) < 4.78 is 0. The molecule has 93 valence electrons. The van der Waals surface area contributed by atoms with Crippen LogP contribution < -0.4 is 0 Å². The third-order valence-corrected chi connectivity index (χ3v) is 2.98. The van der Waals surface area contributed by atoms with E-state index in [9.17, 15) is 4.79 Å². The first-order valence-corrected chi connectivity index (χ1v) is 5.40. The van der Waals surface area contributed by atoms with Crippen molar-refractivity contribution in [1.82, 2.24) is 0 Å². The van der Waals surface area contributed by atoms with E-state index >= 15 is 0 Å². The fourth-order valence-corrected chi connectivity index (χ4v) is 2.15. The minimum absolute atomic E-state index is 0. The molecule has 1 N–H and O–H groups in total. The summed E-state index contributed by atoms with van der Waals surface area (Å²) in [6.07, 6.45) is 0. The van der Waals surface area contributed by atoms with Crippen molar-refractivity contribution in [2.75, 3.05) is 0 Å². The summed E-state index contributed by atoms with van der Waals surface area (Å²) in [5, 5.41) is 13.1. The topological polar surface area (TPSA) is 37.3 Å². The zero-order valence-electron chi connectivity index (χ0n) is 9.35. The monoisotopic (exact) mass is 329 g/mol. The van der Waals surface area contributed by atoms with Crippen molar-refractivity contribution >= 4 is 27.5 Å². The molecule has 0 atom stereocenters. The van der Waals surface area contributed by atoms with Crippen LogP contribution in [0.25, 0.3) is 21.5 Å². The average Bonchev–Trinajstić information content (AvgIpc) is 2.35. The van der Waals surface area contributed by atoms with E-state index in [4.69, 9.17) is 5.11 Å². The molecule has 3 rings (SSSR count). The summed E-state index contributed by atoms with van der Waals surface area (Å²) in [5.41, 5.74) is 0.355. The zero-order valence-corrected chi connectivity index (χ0v) is 10.8. The molecule has 3 heteroatoms. The fourth-order valence-electron chi connectivity index (χ4n) is 2.15. The Labute approximate surface area is 120 Å². The van der Waals surface area contributed by atoms with Crippen molar-refractivity contribution in [1.29, 1.82) is 0 Å². The van der Waals surface area contributed by atoms with Crippen LogP contribution in [0.4, 0.5) is 0 Å². The SMILES string of the molecule is O=C(O)c1cccc2cc3ccccc3cc12.[Ag]. The molecule has 0 aliphatic carbocycles. The van der Waals surface area contributed by atoms with Gasteiger partial charge < -0.3 is 5.11 Å². The van der Waals surface area contributed by atoms with Crippen LogP contribution in [-0.4, -0.2) is 11.1 Å². The Bertz CT molecular complexity index is 735. The fraction of sp³-hybridized carbons (Fsp3) is 0. The molecular formula is C15H10AgO2. The standard InChI is InChI=1S/C15H10O2.Ag/c16-15(17)13-7-3-6-12-8-10-4-1-2-5-11(10)9-14(12)13;/h1-9H,(H,16,17);. The van der Waals surface area contributed by atoms with E-state index < -0.39 is 5.97 Å². The molecule has 0 amide bonds. The third-order valence-electron chi connectivity index (χ3n) is 2.98. The maximum Gasteiger partial charge on any atom is 0.336 e. The van der Waals surface area contributed by atoms with Gasteiger partial charge in [0.2, 0.25) is 0 Å². The minimum atomic E-state index is -0.883. The van der Waals surface area contributed by atoms with Crippen LogP contribution >= 0.6 is 0 Å². The molecule has 0 aliphatic rings. The van der Waals surface area contributed by atoms with E-state index in [-0.39, 0.29) is 22.4 Å². The van der Waals surface area contributed by atoms with Crippen LogP contribution in [0.1, 0.15) is 10.4 Å². The third kappa shape index (κ3) is 2.06. The van der Waals surface area contributed by atoms with Crippen LogP contribution in [0.5, 0.6) is 0 Å². The molecule has 0 saturated carbocycles. The Balaban J connectivity index is 0.00000120. The van der Waals surface area contributed by atoms with E-state index in [2.05, 4.69) is 0 Å². The minimum Gasteiger partial charge on any atom is -0.478 e. The predicted octanol–water partition coefficient (Wildman–Crippen LogP) is 3.69. The number of fused-ring (bicyclic) bond motifs is 2. The summed E-state index contributed by atoms with van der Waals surface area (Å²) in [5.74, 6) is -0.883. The first-order chi connectivity index (χ1) is 8.25. The van der Waals surface area contributed by atoms with Gasteiger partial charge in [-0.15, -0.1) is 0 Å². The Kier molecular flexibility index (Phi) is 3.53. The molecule has 0 aliphatic heterocycles. The Morgan fingerprint density at radius 2 is 1.44 bits per heavy atom. The molecule has 1 radical (unpaired) electrons. The smallest absolute Gasteiger partial charge is 0.336 e. The summed E-state index contributed by atoms with van der Waals surface area (Å²) in [6.45, 7) is 0. The maximum atomic E-state index is 11.2. The van der Waals surface area contributed by atoms with Crippen LogP contribution in [0.3, 0.4) is 0 Å². The van der Waals surface area contributed by atoms with Crippen molar-refractivity contribution in [3.8, 4) is 0 Å². The number of hydrogen-bond acceptors (Lipinski definition) is 1. The number of carbonyl (C=O) groups is 1. The molecule has 0 fully saturated rings. The van der Waals surface area contributed by atoms with Gasteiger partial charge in [-0.2, -0.15) is 0 Å². The van der Waals surface area contributed by atoms with Gasteiger partial charge in [-0.25, -0.2) is 4.79 Å². The number of rotatable bonds is 1. The molecule has 0 unspecified atom stereocenters. The first-order valence-electron chi connectivity index (χ1n) is 5.40. The summed E-state index contributed by atoms with van der Waals surface area (Å²) in [7, 11) is 0. The number of aromatic carboxylic acids is 1. The van der Waals surface area contributed by atoms with Gasteiger partial charge in [0.25, 0.3) is 0 Å². The van der Waals surface area contributed by atoms with Gasteiger partial charge in [-0.3, -0.25) is 0 Å². The van der Waals surface area contributed by atoms with Gasteiger partial charge >= 0.3 is 5.97 Å². The summed E-state index contributed by atoms with van der Waals surface area (Å²) >= 11 is 0. The van der Waals surface area contributed by atoms with Crippen LogP contribution in [0.15, 0.2) is 54.6 Å². The van der Waals surface area contributed by atoms with Crippen molar-refractivity contribution in [3.05, 3.63) is 60.2 Å². The second-order valence-corrected chi connectivity index (χ2v) is 4.03. The molecule has 0 aromatic heterocycles. The van der Waals surface area contributed by atoms with Crippen molar-refractivity contribution < 1.29 is 32.3 Å². The molecule has 3 aromatic carbocycles. The van der Waals surface area contributed by atoms with Gasteiger partial charge in [-0.1, -0.05) is 36.4 Å². The quantitative estimate of drug-likeness (QED) is 0.546. The molecule has 3 aromatic rings. The second kappa shape index (κ2) is 4.94. The van der Waals surface area contributed by atoms with E-state index in [1.165, 1.54) is 0 Å². The number of carboxylic acids is 1. The Hall–Kier alpha value is -1.61. The van der Waals surface area contributed by atoms with Gasteiger partial charge in [0.05, 0.1) is 5.56 Å². The van der Waals surface area contributed by atoms with Crippen LogP contribution in [-0.2, 0) is 22.4 Å². The van der Waals surface area contributed by atoms with Gasteiger partial charge in [0, 0.05) is 22.4 Å². The van der Waals surface area contributed by atoms with Gasteiger partial charge in [0.15, 0.2) is 0 Å². The summed E-state index contributed by atoms with van der Waals surface area (Å²) in [4.78, 5) is 11.2. The first kappa shape index (κ1) is 12.8. The van der Waals surface area contributed by atoms with Gasteiger partial charge in [-0.05, 0) is 39.7 Å². The van der Waals surface area contributed by atoms with Crippen molar-refractivity contribution in [2.24, 2.45) is 0 Å². The molecule has 0 bridgehead atoms. The van der Waals surface area contributed by atoms with E-state index in [0.717, 1.165) is 21.5 Å². The van der Waals surface area contributed by atoms with Crippen LogP contribution in [0, 0.1) is 0 Å². The summed E-state index contributed by atoms with van der Waals surface area (Å²) in [6, 6.07) is 17.3. The molecule has 0 spiro atoms. The molecule has 0 heterocycles. The number of carboxylic acid groups (broad SMARTS) is 1. The predicted molar refractivity (Wildman–Crippen MR) is 68.4 cm³/mol. The average molecular weight is 330 g/mol. The van der Waals surface area contributed by atoms with E-state index in [1.807, 2.05) is 42.5 Å². The normalized spacial score (nSPS) is 10.2. The zero-order chi connectivity index (χ0) is 11.8. The number of benzene rings is 3. The molecule has 18 heavy (non-hydrogen) atoms. The molecule has 0 saturated heterocycles.